The molecule has 0 saturated carbocycles. The number of fused-ring (bicyclic) bond motifs is 3. The molecule has 26 heavy (non-hydrogen) atoms. The first-order valence-electron chi connectivity index (χ1n) is 10.7. The van der Waals surface area contributed by atoms with Gasteiger partial charge in [0.2, 0.25) is 0 Å². The Balaban J connectivity index is 1.63. The quantitative estimate of drug-likeness (QED) is 0.203. The summed E-state index contributed by atoms with van der Waals surface area (Å²) in [5.41, 5.74) is 0. The number of hydrogen-bond acceptors (Lipinski definition) is 0. The summed E-state index contributed by atoms with van der Waals surface area (Å²) >= 11 is 0. The van der Waals surface area contributed by atoms with E-state index in [9.17, 15) is 0 Å². The van der Waals surface area contributed by atoms with Crippen LogP contribution in [0, 0.1) is 0 Å². The van der Waals surface area contributed by atoms with Crippen molar-refractivity contribution in [1.82, 2.24) is 0 Å². The van der Waals surface area contributed by atoms with Crippen molar-refractivity contribution in [1.29, 1.82) is 0 Å². The van der Waals surface area contributed by atoms with Crippen LogP contribution in [-0.4, -0.2) is 8.80 Å². The van der Waals surface area contributed by atoms with Gasteiger partial charge in [0, 0.05) is 0 Å². The average Bonchev–Trinajstić information content (AvgIpc) is 2.69. The summed E-state index contributed by atoms with van der Waals surface area (Å²) in [6, 6.07) is 21.9. The molecular formula is C25H34Si. The van der Waals surface area contributed by atoms with Gasteiger partial charge in [0.05, 0.1) is 8.80 Å². The lowest BCUT2D eigenvalue weighted by atomic mass is 10.0. The number of unbranched alkanes of at least 4 members (excludes halogenated alkanes) is 7. The maximum absolute atomic E-state index is 2.55. The van der Waals surface area contributed by atoms with E-state index in [0.717, 1.165) is 0 Å². The Hall–Kier alpha value is -1.60. The third-order valence-electron chi connectivity index (χ3n) is 5.82. The second-order valence-corrected chi connectivity index (χ2v) is 10.9. The van der Waals surface area contributed by atoms with Crippen molar-refractivity contribution in [2.24, 2.45) is 0 Å². The fourth-order valence-electron chi connectivity index (χ4n) is 4.23. The van der Waals surface area contributed by atoms with Crippen LogP contribution in [0.3, 0.4) is 0 Å². The highest BCUT2D eigenvalue weighted by molar-refractivity contribution is 6.74. The molecule has 0 radical (unpaired) electrons. The SMILES string of the molecule is CCCCCCCCCC[SiH](C)c1cc2ccccc2c2ccccc12. The highest BCUT2D eigenvalue weighted by Crippen LogP contribution is 2.25. The predicted molar refractivity (Wildman–Crippen MR) is 122 cm³/mol. The minimum Gasteiger partial charge on any atom is -0.0680 e. The van der Waals surface area contributed by atoms with E-state index in [4.69, 9.17) is 0 Å². The third kappa shape index (κ3) is 4.76. The number of rotatable bonds is 10. The van der Waals surface area contributed by atoms with Crippen LogP contribution in [0.25, 0.3) is 21.5 Å². The van der Waals surface area contributed by atoms with Crippen molar-refractivity contribution in [3.63, 3.8) is 0 Å². The molecule has 0 bridgehead atoms. The average molecular weight is 363 g/mol. The van der Waals surface area contributed by atoms with Gasteiger partial charge >= 0.3 is 0 Å². The van der Waals surface area contributed by atoms with Crippen LogP contribution in [-0.2, 0) is 0 Å². The van der Waals surface area contributed by atoms with E-state index in [1.165, 1.54) is 79.0 Å². The molecule has 0 amide bonds. The normalized spacial score (nSPS) is 12.7. The molecule has 0 fully saturated rings. The van der Waals surface area contributed by atoms with Crippen LogP contribution in [0.4, 0.5) is 0 Å². The summed E-state index contributed by atoms with van der Waals surface area (Å²) in [5, 5.41) is 7.43. The number of hydrogen-bond donors (Lipinski definition) is 0. The van der Waals surface area contributed by atoms with Crippen molar-refractivity contribution in [2.75, 3.05) is 0 Å². The van der Waals surface area contributed by atoms with E-state index < -0.39 is 8.80 Å². The first-order chi connectivity index (χ1) is 12.8. The molecule has 3 rings (SSSR count). The molecule has 0 heterocycles. The molecular weight excluding hydrogens is 328 g/mol. The van der Waals surface area contributed by atoms with Crippen LogP contribution in [0.2, 0.25) is 12.6 Å². The molecule has 0 nitrogen and oxygen atoms in total. The molecule has 1 atom stereocenters. The molecule has 3 aromatic rings. The molecule has 0 aromatic heterocycles. The highest BCUT2D eigenvalue weighted by atomic mass is 28.3. The van der Waals surface area contributed by atoms with Crippen LogP contribution in [0.1, 0.15) is 58.3 Å². The zero-order chi connectivity index (χ0) is 18.2. The molecule has 0 N–H and O–H groups in total. The minimum absolute atomic E-state index is 0.888. The van der Waals surface area contributed by atoms with E-state index in [0.29, 0.717) is 0 Å². The summed E-state index contributed by atoms with van der Waals surface area (Å²) in [5.74, 6) is 0. The lowest BCUT2D eigenvalue weighted by molar-refractivity contribution is 0.584. The topological polar surface area (TPSA) is 0 Å². The lowest BCUT2D eigenvalue weighted by Gasteiger charge is -2.16. The molecule has 3 aromatic carbocycles. The fourth-order valence-corrected chi connectivity index (χ4v) is 6.69. The molecule has 1 unspecified atom stereocenters. The molecule has 0 saturated heterocycles. The standard InChI is InChI=1S/C25H34Si/c1-3-4-5-6-7-8-9-14-19-26(2)25-20-21-15-10-11-16-22(21)23-17-12-13-18-24(23)25/h10-13,15-18,20,26H,3-9,14,19H2,1-2H3. The zero-order valence-corrected chi connectivity index (χ0v) is 17.8. The molecule has 0 aliphatic heterocycles. The first-order valence-corrected chi connectivity index (χ1v) is 13.3. The Morgan fingerprint density at radius 3 is 1.96 bits per heavy atom. The second-order valence-electron chi connectivity index (χ2n) is 7.90. The van der Waals surface area contributed by atoms with E-state index in [1.807, 2.05) is 0 Å². The van der Waals surface area contributed by atoms with Crippen LogP contribution < -0.4 is 5.19 Å². The molecule has 0 aliphatic carbocycles. The van der Waals surface area contributed by atoms with Crippen molar-refractivity contribution in [2.45, 2.75) is 70.9 Å². The summed E-state index contributed by atoms with van der Waals surface area (Å²) in [4.78, 5) is 0. The monoisotopic (exact) mass is 362 g/mol. The fraction of sp³-hybridized carbons (Fsp3) is 0.440. The van der Waals surface area contributed by atoms with Crippen molar-refractivity contribution < 1.29 is 0 Å². The third-order valence-corrected chi connectivity index (χ3v) is 8.64. The Morgan fingerprint density at radius 1 is 0.654 bits per heavy atom. The summed E-state index contributed by atoms with van der Waals surface area (Å²) in [7, 11) is -0.888. The highest BCUT2D eigenvalue weighted by Gasteiger charge is 2.13. The van der Waals surface area contributed by atoms with Crippen LogP contribution in [0.15, 0.2) is 54.6 Å². The van der Waals surface area contributed by atoms with Gasteiger partial charge in [0.15, 0.2) is 0 Å². The van der Waals surface area contributed by atoms with Gasteiger partial charge in [-0.25, -0.2) is 0 Å². The van der Waals surface area contributed by atoms with Gasteiger partial charge in [-0.15, -0.1) is 0 Å². The molecule has 0 spiro atoms. The van der Waals surface area contributed by atoms with Crippen molar-refractivity contribution in [3.8, 4) is 0 Å². The van der Waals surface area contributed by atoms with Gasteiger partial charge in [0.25, 0.3) is 0 Å². The zero-order valence-electron chi connectivity index (χ0n) is 16.6. The molecule has 0 aliphatic rings. The Morgan fingerprint density at radius 2 is 1.23 bits per heavy atom. The Bertz CT molecular complexity index is 821. The lowest BCUT2D eigenvalue weighted by Crippen LogP contribution is -2.27. The van der Waals surface area contributed by atoms with Gasteiger partial charge in [0.1, 0.15) is 0 Å². The van der Waals surface area contributed by atoms with E-state index in [2.05, 4.69) is 68.1 Å². The van der Waals surface area contributed by atoms with Crippen molar-refractivity contribution in [3.05, 3.63) is 54.6 Å². The number of benzene rings is 3. The largest absolute Gasteiger partial charge is 0.0686 e. The van der Waals surface area contributed by atoms with Gasteiger partial charge in [-0.05, 0) is 21.5 Å². The first kappa shape index (κ1) is 19.2. The summed E-state index contributed by atoms with van der Waals surface area (Å²) < 4.78 is 0. The summed E-state index contributed by atoms with van der Waals surface area (Å²) in [6.45, 7) is 4.85. The maximum Gasteiger partial charge on any atom is 0.0686 e. The Kier molecular flexibility index (Phi) is 7.31. The van der Waals surface area contributed by atoms with Gasteiger partial charge < -0.3 is 0 Å². The maximum atomic E-state index is 2.55. The van der Waals surface area contributed by atoms with Crippen molar-refractivity contribution >= 4 is 35.5 Å². The Labute approximate surface area is 161 Å². The van der Waals surface area contributed by atoms with Crippen LogP contribution in [0.5, 0.6) is 0 Å². The smallest absolute Gasteiger partial charge is 0.0680 e. The van der Waals surface area contributed by atoms with E-state index in [1.54, 1.807) is 5.19 Å². The predicted octanol–water partition coefficient (Wildman–Crippen LogP) is 7.20. The molecule has 1 heteroatoms. The second kappa shape index (κ2) is 9.92. The summed E-state index contributed by atoms with van der Waals surface area (Å²) in [6.07, 6.45) is 11.4. The van der Waals surface area contributed by atoms with E-state index in [-0.39, 0.29) is 0 Å². The molecule has 138 valence electrons. The van der Waals surface area contributed by atoms with E-state index >= 15 is 0 Å². The van der Waals surface area contributed by atoms with Gasteiger partial charge in [-0.2, -0.15) is 0 Å². The van der Waals surface area contributed by atoms with Crippen LogP contribution >= 0.6 is 0 Å². The van der Waals surface area contributed by atoms with Gasteiger partial charge in [-0.1, -0.05) is 131 Å². The van der Waals surface area contributed by atoms with Gasteiger partial charge in [-0.3, -0.25) is 0 Å². The minimum atomic E-state index is -0.888.